The van der Waals surface area contributed by atoms with Gasteiger partial charge in [0.05, 0.1) is 18.1 Å². The average molecular weight is 338 g/mol. The molecule has 124 valence electrons. The summed E-state index contributed by atoms with van der Waals surface area (Å²) in [5.74, 6) is -0.365. The zero-order valence-electron chi connectivity index (χ0n) is 13.2. The first-order valence-corrected chi connectivity index (χ1v) is 7.89. The van der Waals surface area contributed by atoms with E-state index in [2.05, 4.69) is 5.32 Å². The van der Waals surface area contributed by atoms with Crippen LogP contribution in [0, 0.1) is 5.92 Å². The molecule has 2 atom stereocenters. The quantitative estimate of drug-likeness (QED) is 0.659. The molecule has 0 saturated heterocycles. The van der Waals surface area contributed by atoms with Gasteiger partial charge in [-0.1, -0.05) is 23.8 Å². The zero-order chi connectivity index (χ0) is 16.8. The minimum absolute atomic E-state index is 0.161. The Labute approximate surface area is 140 Å². The number of methoxy groups -OCH3 is 1. The van der Waals surface area contributed by atoms with Gasteiger partial charge in [0, 0.05) is 5.69 Å². The van der Waals surface area contributed by atoms with E-state index in [-0.39, 0.29) is 11.9 Å². The molecule has 0 saturated carbocycles. The van der Waals surface area contributed by atoms with Gasteiger partial charge in [-0.25, -0.2) is 0 Å². The van der Waals surface area contributed by atoms with Crippen molar-refractivity contribution in [2.45, 2.75) is 32.3 Å². The minimum atomic E-state index is -0.866. The maximum Gasteiger partial charge on any atom is 0.310 e. The summed E-state index contributed by atoms with van der Waals surface area (Å²) in [5.41, 5.74) is 0.518. The van der Waals surface area contributed by atoms with Crippen LogP contribution >= 0.6 is 11.6 Å². The highest BCUT2D eigenvalue weighted by Gasteiger charge is 2.25. The summed E-state index contributed by atoms with van der Waals surface area (Å²) in [6, 6.07) is 4.91. The Balaban J connectivity index is 1.90. The average Bonchev–Trinajstić information content (AvgIpc) is 2.55. The van der Waals surface area contributed by atoms with E-state index in [1.54, 1.807) is 25.1 Å². The highest BCUT2D eigenvalue weighted by molar-refractivity contribution is 6.32. The fourth-order valence-corrected chi connectivity index (χ4v) is 2.58. The molecule has 0 aliphatic heterocycles. The molecule has 0 bridgehead atoms. The molecule has 23 heavy (non-hydrogen) atoms. The molecule has 0 unspecified atom stereocenters. The number of hydrogen-bond donors (Lipinski definition) is 1. The van der Waals surface area contributed by atoms with Crippen LogP contribution in [0.1, 0.15) is 26.2 Å². The fourth-order valence-electron chi connectivity index (χ4n) is 2.32. The lowest BCUT2D eigenvalue weighted by Crippen LogP contribution is -2.32. The summed E-state index contributed by atoms with van der Waals surface area (Å²) < 4.78 is 10.3. The number of nitrogens with one attached hydrogen (secondary N) is 1. The van der Waals surface area contributed by atoms with Crippen molar-refractivity contribution >= 4 is 29.2 Å². The van der Waals surface area contributed by atoms with Gasteiger partial charge in [-0.3, -0.25) is 9.59 Å². The highest BCUT2D eigenvalue weighted by atomic mass is 35.5. The Bertz CT molecular complexity index is 615. The van der Waals surface area contributed by atoms with Crippen molar-refractivity contribution in [2.75, 3.05) is 12.4 Å². The molecule has 1 aromatic carbocycles. The molecule has 1 aromatic rings. The number of hydrogen-bond acceptors (Lipinski definition) is 4. The maximum atomic E-state index is 12.1. The van der Waals surface area contributed by atoms with Crippen LogP contribution in [-0.2, 0) is 14.3 Å². The number of amides is 1. The van der Waals surface area contributed by atoms with Crippen LogP contribution in [0.2, 0.25) is 5.02 Å². The molecule has 1 N–H and O–H groups in total. The third-order valence-electron chi connectivity index (χ3n) is 3.68. The van der Waals surface area contributed by atoms with E-state index in [9.17, 15) is 9.59 Å². The summed E-state index contributed by atoms with van der Waals surface area (Å²) in [6.07, 6.45) is 5.45. The monoisotopic (exact) mass is 337 g/mol. The second-order valence-electron chi connectivity index (χ2n) is 5.40. The van der Waals surface area contributed by atoms with Gasteiger partial charge < -0.3 is 14.8 Å². The fraction of sp³-hybridized carbons (Fsp3) is 0.412. The molecule has 2 rings (SSSR count). The van der Waals surface area contributed by atoms with E-state index in [0.717, 1.165) is 12.8 Å². The number of anilines is 1. The van der Waals surface area contributed by atoms with Gasteiger partial charge in [-0.05, 0) is 44.4 Å². The Kier molecular flexibility index (Phi) is 6.04. The smallest absolute Gasteiger partial charge is 0.310 e. The van der Waals surface area contributed by atoms with Crippen LogP contribution in [0.5, 0.6) is 5.75 Å². The van der Waals surface area contributed by atoms with Gasteiger partial charge in [-0.15, -0.1) is 0 Å². The third-order valence-corrected chi connectivity index (χ3v) is 3.98. The predicted molar refractivity (Wildman–Crippen MR) is 88.7 cm³/mol. The summed E-state index contributed by atoms with van der Waals surface area (Å²) in [5, 5.41) is 3.06. The van der Waals surface area contributed by atoms with Crippen molar-refractivity contribution in [3.8, 4) is 5.75 Å². The van der Waals surface area contributed by atoms with Crippen molar-refractivity contribution in [3.05, 3.63) is 35.4 Å². The Morgan fingerprint density at radius 3 is 2.74 bits per heavy atom. The molecule has 1 aliphatic rings. The van der Waals surface area contributed by atoms with Gasteiger partial charge in [0.25, 0.3) is 5.91 Å². The van der Waals surface area contributed by atoms with Crippen molar-refractivity contribution in [3.63, 3.8) is 0 Å². The van der Waals surface area contributed by atoms with Crippen LogP contribution < -0.4 is 10.1 Å². The maximum absolute atomic E-state index is 12.1. The number of allylic oxidation sites excluding steroid dienone is 2. The number of benzene rings is 1. The summed E-state index contributed by atoms with van der Waals surface area (Å²) in [4.78, 5) is 24.1. The number of rotatable bonds is 5. The molecule has 0 heterocycles. The predicted octanol–water partition coefficient (Wildman–Crippen LogP) is 3.58. The number of esters is 1. The molecule has 1 amide bonds. The minimum Gasteiger partial charge on any atom is -0.495 e. The van der Waals surface area contributed by atoms with E-state index in [1.807, 2.05) is 12.2 Å². The zero-order valence-corrected chi connectivity index (χ0v) is 13.9. The van der Waals surface area contributed by atoms with Crippen molar-refractivity contribution in [1.29, 1.82) is 0 Å². The van der Waals surface area contributed by atoms with Crippen LogP contribution in [0.4, 0.5) is 5.69 Å². The Hall–Kier alpha value is -2.01. The van der Waals surface area contributed by atoms with Crippen LogP contribution in [-0.4, -0.2) is 25.1 Å². The Morgan fingerprint density at radius 1 is 1.35 bits per heavy atom. The molecule has 0 radical (unpaired) electrons. The standard InChI is InChI=1S/C17H20ClNO4/c1-11(23-17(21)12-6-4-3-5-7-12)16(20)19-13-8-9-15(22-2)14(18)10-13/h3-4,8-12H,5-7H2,1-2H3,(H,19,20)/t11-,12-/m0/s1. The molecule has 1 aliphatic carbocycles. The first-order valence-electron chi connectivity index (χ1n) is 7.51. The molecule has 0 spiro atoms. The number of carbonyl (C=O) groups excluding carboxylic acids is 2. The van der Waals surface area contributed by atoms with Gasteiger partial charge in [0.1, 0.15) is 5.75 Å². The first-order chi connectivity index (χ1) is 11.0. The van der Waals surface area contributed by atoms with E-state index >= 15 is 0 Å². The molecular weight excluding hydrogens is 318 g/mol. The number of ether oxygens (including phenoxy) is 2. The number of carbonyl (C=O) groups is 2. The van der Waals surface area contributed by atoms with Crippen molar-refractivity contribution < 1.29 is 19.1 Å². The SMILES string of the molecule is COc1ccc(NC(=O)[C@H](C)OC(=O)[C@H]2CC=CCC2)cc1Cl. The second-order valence-corrected chi connectivity index (χ2v) is 5.81. The molecular formula is C17H20ClNO4. The van der Waals surface area contributed by atoms with Gasteiger partial charge >= 0.3 is 5.97 Å². The summed E-state index contributed by atoms with van der Waals surface area (Å²) >= 11 is 6.01. The summed E-state index contributed by atoms with van der Waals surface area (Å²) in [6.45, 7) is 1.55. The molecule has 0 aromatic heterocycles. The van der Waals surface area contributed by atoms with Gasteiger partial charge in [-0.2, -0.15) is 0 Å². The van der Waals surface area contributed by atoms with E-state index in [4.69, 9.17) is 21.1 Å². The lowest BCUT2D eigenvalue weighted by molar-refractivity contribution is -0.157. The highest BCUT2D eigenvalue weighted by Crippen LogP contribution is 2.27. The first kappa shape index (κ1) is 17.3. The molecule has 0 fully saturated rings. The second kappa shape index (κ2) is 8.02. The topological polar surface area (TPSA) is 64.6 Å². The normalized spacial score (nSPS) is 18.1. The number of halogens is 1. The Morgan fingerprint density at radius 2 is 2.13 bits per heavy atom. The van der Waals surface area contributed by atoms with E-state index < -0.39 is 12.0 Å². The lowest BCUT2D eigenvalue weighted by atomic mass is 9.95. The van der Waals surface area contributed by atoms with Crippen LogP contribution in [0.25, 0.3) is 0 Å². The summed E-state index contributed by atoms with van der Waals surface area (Å²) in [7, 11) is 1.52. The van der Waals surface area contributed by atoms with Crippen LogP contribution in [0.15, 0.2) is 30.4 Å². The van der Waals surface area contributed by atoms with Gasteiger partial charge in [0.15, 0.2) is 6.10 Å². The van der Waals surface area contributed by atoms with Crippen molar-refractivity contribution in [2.24, 2.45) is 5.92 Å². The lowest BCUT2D eigenvalue weighted by Gasteiger charge is -2.19. The van der Waals surface area contributed by atoms with Crippen LogP contribution in [0.3, 0.4) is 0 Å². The van der Waals surface area contributed by atoms with Gasteiger partial charge in [0.2, 0.25) is 0 Å². The molecule has 5 nitrogen and oxygen atoms in total. The molecule has 6 heteroatoms. The largest absolute Gasteiger partial charge is 0.495 e. The third kappa shape index (κ3) is 4.73. The van der Waals surface area contributed by atoms with E-state index in [1.165, 1.54) is 7.11 Å². The van der Waals surface area contributed by atoms with E-state index in [0.29, 0.717) is 22.9 Å². The van der Waals surface area contributed by atoms with Crippen molar-refractivity contribution in [1.82, 2.24) is 0 Å².